The SMILES string of the molecule is CCCC(C)(N)CCOCC. The molecule has 1 atom stereocenters. The van der Waals surface area contributed by atoms with E-state index in [1.165, 1.54) is 0 Å². The van der Waals surface area contributed by atoms with Gasteiger partial charge in [-0.2, -0.15) is 0 Å². The Morgan fingerprint density at radius 2 is 1.91 bits per heavy atom. The van der Waals surface area contributed by atoms with E-state index < -0.39 is 0 Å². The van der Waals surface area contributed by atoms with E-state index in [0.29, 0.717) is 0 Å². The van der Waals surface area contributed by atoms with Gasteiger partial charge >= 0.3 is 0 Å². The molecule has 2 heteroatoms. The van der Waals surface area contributed by atoms with Crippen molar-refractivity contribution >= 4 is 0 Å². The maximum Gasteiger partial charge on any atom is 0.0483 e. The van der Waals surface area contributed by atoms with Crippen LogP contribution in [0.3, 0.4) is 0 Å². The summed E-state index contributed by atoms with van der Waals surface area (Å²) in [5.41, 5.74) is 5.96. The van der Waals surface area contributed by atoms with Gasteiger partial charge in [0.15, 0.2) is 0 Å². The molecule has 0 radical (unpaired) electrons. The zero-order chi connectivity index (χ0) is 8.74. The lowest BCUT2D eigenvalue weighted by molar-refractivity contribution is 0.126. The molecule has 0 aromatic rings. The zero-order valence-corrected chi connectivity index (χ0v) is 8.02. The summed E-state index contributed by atoms with van der Waals surface area (Å²) in [6.07, 6.45) is 3.20. The monoisotopic (exact) mass is 159 g/mol. The molecular weight excluding hydrogens is 138 g/mol. The summed E-state index contributed by atoms with van der Waals surface area (Å²) < 4.78 is 5.24. The first-order valence-corrected chi connectivity index (χ1v) is 4.49. The Kier molecular flexibility index (Phi) is 5.51. The van der Waals surface area contributed by atoms with Gasteiger partial charge in [-0.25, -0.2) is 0 Å². The number of hydrogen-bond donors (Lipinski definition) is 1. The quantitative estimate of drug-likeness (QED) is 0.601. The summed E-state index contributed by atoms with van der Waals surface area (Å²) in [7, 11) is 0. The van der Waals surface area contributed by atoms with Gasteiger partial charge in [0.25, 0.3) is 0 Å². The van der Waals surface area contributed by atoms with Gasteiger partial charge in [-0.3, -0.25) is 0 Å². The minimum absolute atomic E-state index is 0.0239. The van der Waals surface area contributed by atoms with E-state index in [1.54, 1.807) is 0 Å². The van der Waals surface area contributed by atoms with Crippen LogP contribution in [-0.2, 0) is 4.74 Å². The summed E-state index contributed by atoms with van der Waals surface area (Å²) in [6, 6.07) is 0. The van der Waals surface area contributed by atoms with Crippen LogP contribution in [0.2, 0.25) is 0 Å². The fourth-order valence-corrected chi connectivity index (χ4v) is 1.15. The van der Waals surface area contributed by atoms with Crippen molar-refractivity contribution < 1.29 is 4.74 Å². The van der Waals surface area contributed by atoms with Crippen molar-refractivity contribution in [1.29, 1.82) is 0 Å². The van der Waals surface area contributed by atoms with Crippen molar-refractivity contribution in [2.75, 3.05) is 13.2 Å². The Labute approximate surface area is 70.1 Å². The second-order valence-electron chi connectivity index (χ2n) is 3.35. The molecule has 0 heterocycles. The van der Waals surface area contributed by atoms with E-state index in [4.69, 9.17) is 10.5 Å². The molecule has 0 aliphatic rings. The van der Waals surface area contributed by atoms with Crippen LogP contribution in [0.15, 0.2) is 0 Å². The van der Waals surface area contributed by atoms with Gasteiger partial charge < -0.3 is 10.5 Å². The largest absolute Gasteiger partial charge is 0.382 e. The van der Waals surface area contributed by atoms with Crippen LogP contribution in [0.5, 0.6) is 0 Å². The van der Waals surface area contributed by atoms with Crippen molar-refractivity contribution in [3.05, 3.63) is 0 Å². The third-order valence-electron chi connectivity index (χ3n) is 1.84. The topological polar surface area (TPSA) is 35.2 Å². The fraction of sp³-hybridized carbons (Fsp3) is 1.00. The zero-order valence-electron chi connectivity index (χ0n) is 8.02. The number of rotatable bonds is 6. The van der Waals surface area contributed by atoms with Gasteiger partial charge in [0.2, 0.25) is 0 Å². The molecule has 2 N–H and O–H groups in total. The normalized spacial score (nSPS) is 16.4. The lowest BCUT2D eigenvalue weighted by atomic mass is 9.94. The van der Waals surface area contributed by atoms with Gasteiger partial charge in [-0.05, 0) is 26.7 Å². The molecule has 0 aromatic carbocycles. The molecule has 0 aromatic heterocycles. The van der Waals surface area contributed by atoms with Crippen LogP contribution >= 0.6 is 0 Å². The molecular formula is C9H21NO. The van der Waals surface area contributed by atoms with E-state index in [1.807, 2.05) is 6.92 Å². The van der Waals surface area contributed by atoms with E-state index in [0.717, 1.165) is 32.5 Å². The first-order valence-electron chi connectivity index (χ1n) is 4.49. The molecule has 0 saturated carbocycles. The highest BCUT2D eigenvalue weighted by atomic mass is 16.5. The van der Waals surface area contributed by atoms with Crippen molar-refractivity contribution in [2.24, 2.45) is 5.73 Å². The summed E-state index contributed by atoms with van der Waals surface area (Å²) in [5, 5.41) is 0. The highest BCUT2D eigenvalue weighted by molar-refractivity contribution is 4.77. The number of ether oxygens (including phenoxy) is 1. The van der Waals surface area contributed by atoms with Gasteiger partial charge in [0.05, 0.1) is 0 Å². The van der Waals surface area contributed by atoms with E-state index >= 15 is 0 Å². The van der Waals surface area contributed by atoms with Crippen LogP contribution in [0, 0.1) is 0 Å². The Morgan fingerprint density at radius 3 is 2.36 bits per heavy atom. The lowest BCUT2D eigenvalue weighted by Crippen LogP contribution is -2.37. The molecule has 0 bridgehead atoms. The third-order valence-corrected chi connectivity index (χ3v) is 1.84. The standard InChI is InChI=1S/C9H21NO/c1-4-6-9(3,10)7-8-11-5-2/h4-8,10H2,1-3H3. The van der Waals surface area contributed by atoms with Gasteiger partial charge in [0.1, 0.15) is 0 Å². The van der Waals surface area contributed by atoms with E-state index in [2.05, 4.69) is 13.8 Å². The smallest absolute Gasteiger partial charge is 0.0483 e. The first-order chi connectivity index (χ1) is 5.12. The molecule has 0 saturated heterocycles. The second kappa shape index (κ2) is 5.56. The van der Waals surface area contributed by atoms with Crippen molar-refractivity contribution in [3.63, 3.8) is 0 Å². The average Bonchev–Trinajstić information content (AvgIpc) is 1.87. The lowest BCUT2D eigenvalue weighted by Gasteiger charge is -2.23. The molecule has 0 aliphatic heterocycles. The molecule has 2 nitrogen and oxygen atoms in total. The van der Waals surface area contributed by atoms with Gasteiger partial charge in [-0.15, -0.1) is 0 Å². The van der Waals surface area contributed by atoms with Crippen LogP contribution in [0.1, 0.15) is 40.0 Å². The fourth-order valence-electron chi connectivity index (χ4n) is 1.15. The minimum Gasteiger partial charge on any atom is -0.382 e. The van der Waals surface area contributed by atoms with Crippen molar-refractivity contribution in [3.8, 4) is 0 Å². The van der Waals surface area contributed by atoms with Gasteiger partial charge in [0, 0.05) is 18.8 Å². The minimum atomic E-state index is -0.0239. The highest BCUT2D eigenvalue weighted by Gasteiger charge is 2.15. The highest BCUT2D eigenvalue weighted by Crippen LogP contribution is 2.12. The predicted molar refractivity (Wildman–Crippen MR) is 48.6 cm³/mol. The number of nitrogens with two attached hydrogens (primary N) is 1. The Morgan fingerprint density at radius 1 is 1.27 bits per heavy atom. The predicted octanol–water partition coefficient (Wildman–Crippen LogP) is 1.93. The molecule has 0 fully saturated rings. The maximum atomic E-state index is 5.99. The summed E-state index contributed by atoms with van der Waals surface area (Å²) in [4.78, 5) is 0. The first kappa shape index (κ1) is 10.9. The molecule has 0 rings (SSSR count). The van der Waals surface area contributed by atoms with E-state index in [9.17, 15) is 0 Å². The Balaban J connectivity index is 3.38. The maximum absolute atomic E-state index is 5.99. The van der Waals surface area contributed by atoms with Crippen molar-refractivity contribution in [2.45, 2.75) is 45.6 Å². The molecule has 11 heavy (non-hydrogen) atoms. The summed E-state index contributed by atoms with van der Waals surface area (Å²) in [6.45, 7) is 7.85. The molecule has 0 spiro atoms. The van der Waals surface area contributed by atoms with Gasteiger partial charge in [-0.1, -0.05) is 13.3 Å². The average molecular weight is 159 g/mol. The third kappa shape index (κ3) is 6.32. The van der Waals surface area contributed by atoms with Crippen LogP contribution in [0.25, 0.3) is 0 Å². The molecule has 0 aliphatic carbocycles. The van der Waals surface area contributed by atoms with Crippen molar-refractivity contribution in [1.82, 2.24) is 0 Å². The number of hydrogen-bond acceptors (Lipinski definition) is 2. The molecule has 68 valence electrons. The second-order valence-corrected chi connectivity index (χ2v) is 3.35. The molecule has 1 unspecified atom stereocenters. The van der Waals surface area contributed by atoms with Crippen LogP contribution < -0.4 is 5.73 Å². The summed E-state index contributed by atoms with van der Waals surface area (Å²) in [5.74, 6) is 0. The summed E-state index contributed by atoms with van der Waals surface area (Å²) >= 11 is 0. The Bertz CT molecular complexity index is 91.6. The van der Waals surface area contributed by atoms with E-state index in [-0.39, 0.29) is 5.54 Å². The van der Waals surface area contributed by atoms with Crippen LogP contribution in [0.4, 0.5) is 0 Å². The molecule has 0 amide bonds. The Hall–Kier alpha value is -0.0800. The van der Waals surface area contributed by atoms with Crippen LogP contribution in [-0.4, -0.2) is 18.8 Å².